The Balaban J connectivity index is 1.33. The molecule has 0 unspecified atom stereocenters. The van der Waals surface area contributed by atoms with Crippen LogP contribution in [0.3, 0.4) is 0 Å². The van der Waals surface area contributed by atoms with E-state index >= 15 is 0 Å². The molecule has 0 radical (unpaired) electrons. The Morgan fingerprint density at radius 3 is 2.32 bits per heavy atom. The average molecular weight is 389 g/mol. The van der Waals surface area contributed by atoms with Gasteiger partial charge in [0.2, 0.25) is 0 Å². The van der Waals surface area contributed by atoms with Gasteiger partial charge in [-0.2, -0.15) is 0 Å². The number of carbonyl (C=O) groups excluding carboxylic acids is 1. The van der Waals surface area contributed by atoms with Gasteiger partial charge in [0.15, 0.2) is 6.54 Å². The molecule has 0 atom stereocenters. The smallest absolute Gasteiger partial charge is 0.279 e. The van der Waals surface area contributed by atoms with Crippen molar-refractivity contribution in [2.75, 3.05) is 58.3 Å². The Labute approximate surface area is 164 Å². The quantitative estimate of drug-likeness (QED) is 0.578. The van der Waals surface area contributed by atoms with Crippen LogP contribution in [0.1, 0.15) is 0 Å². The van der Waals surface area contributed by atoms with Gasteiger partial charge in [-0.25, -0.2) is 4.39 Å². The predicted molar refractivity (Wildman–Crippen MR) is 105 cm³/mol. The molecule has 0 bridgehead atoms. The maximum absolute atomic E-state index is 13.6. The number of hydrogen-bond acceptors (Lipinski definition) is 3. The summed E-state index contributed by atoms with van der Waals surface area (Å²) >= 11 is 0. The van der Waals surface area contributed by atoms with Crippen LogP contribution >= 0.6 is 0 Å². The van der Waals surface area contributed by atoms with Gasteiger partial charge >= 0.3 is 0 Å². The maximum atomic E-state index is 13.6. The average Bonchev–Trinajstić information content (AvgIpc) is 2.71. The molecule has 1 saturated heterocycles. The zero-order valence-corrected chi connectivity index (χ0v) is 16.2. The highest BCUT2D eigenvalue weighted by atomic mass is 19.1. The van der Waals surface area contributed by atoms with Crippen molar-refractivity contribution < 1.29 is 28.5 Å². The molecule has 0 aliphatic carbocycles. The number of para-hydroxylation sites is 1. The standard InChI is InChI=1S/C21H26FN3O3/c1-27-17-6-8-18(9-7-17)28-15-14-24-10-12-25(13-11-24)16-21(26)23-20-5-3-2-4-19(20)22/h2-9H,10-16H2,1H3,(H,23,26)/p+2. The summed E-state index contributed by atoms with van der Waals surface area (Å²) in [6.07, 6.45) is 0. The molecule has 7 heteroatoms. The van der Waals surface area contributed by atoms with Crippen molar-refractivity contribution in [2.24, 2.45) is 0 Å². The van der Waals surface area contributed by atoms with E-state index in [1.807, 2.05) is 24.3 Å². The summed E-state index contributed by atoms with van der Waals surface area (Å²) in [6, 6.07) is 13.8. The van der Waals surface area contributed by atoms with Crippen molar-refractivity contribution in [3.05, 3.63) is 54.3 Å². The molecule has 0 spiro atoms. The second-order valence-corrected chi connectivity index (χ2v) is 6.98. The molecule has 1 amide bonds. The van der Waals surface area contributed by atoms with Crippen molar-refractivity contribution in [1.82, 2.24) is 0 Å². The molecule has 1 heterocycles. The van der Waals surface area contributed by atoms with E-state index in [0.29, 0.717) is 13.2 Å². The predicted octanol–water partition coefficient (Wildman–Crippen LogP) is -0.365. The number of anilines is 1. The van der Waals surface area contributed by atoms with Crippen LogP contribution in [-0.4, -0.2) is 58.9 Å². The lowest BCUT2D eigenvalue weighted by Gasteiger charge is -2.29. The Morgan fingerprint density at radius 2 is 1.64 bits per heavy atom. The van der Waals surface area contributed by atoms with Crippen LogP contribution in [0, 0.1) is 5.82 Å². The normalized spacial score (nSPS) is 19.1. The minimum Gasteiger partial charge on any atom is -0.497 e. The van der Waals surface area contributed by atoms with Crippen molar-refractivity contribution >= 4 is 11.6 Å². The van der Waals surface area contributed by atoms with Crippen LogP contribution in [0.2, 0.25) is 0 Å². The molecule has 0 saturated carbocycles. The number of benzene rings is 2. The first kappa shape index (κ1) is 20.1. The second-order valence-electron chi connectivity index (χ2n) is 6.98. The number of rotatable bonds is 8. The zero-order chi connectivity index (χ0) is 19.8. The highest BCUT2D eigenvalue weighted by Crippen LogP contribution is 2.16. The van der Waals surface area contributed by atoms with E-state index in [4.69, 9.17) is 9.47 Å². The lowest BCUT2D eigenvalue weighted by molar-refractivity contribution is -1.01. The molecule has 3 rings (SSSR count). The zero-order valence-electron chi connectivity index (χ0n) is 16.2. The van der Waals surface area contributed by atoms with Gasteiger partial charge in [0, 0.05) is 0 Å². The third kappa shape index (κ3) is 5.94. The molecule has 6 nitrogen and oxygen atoms in total. The monoisotopic (exact) mass is 389 g/mol. The molecule has 2 aromatic rings. The van der Waals surface area contributed by atoms with Crippen molar-refractivity contribution in [3.63, 3.8) is 0 Å². The Morgan fingerprint density at radius 1 is 1.00 bits per heavy atom. The van der Waals surface area contributed by atoms with Crippen LogP contribution in [-0.2, 0) is 4.79 Å². The number of quaternary nitrogens is 2. The molecule has 3 N–H and O–H groups in total. The third-order valence-electron chi connectivity index (χ3n) is 5.01. The summed E-state index contributed by atoms with van der Waals surface area (Å²) < 4.78 is 24.5. The summed E-state index contributed by atoms with van der Waals surface area (Å²) in [6.45, 7) is 5.78. The van der Waals surface area contributed by atoms with Crippen LogP contribution in [0.15, 0.2) is 48.5 Å². The van der Waals surface area contributed by atoms with E-state index in [-0.39, 0.29) is 11.6 Å². The molecule has 2 aromatic carbocycles. The molecule has 28 heavy (non-hydrogen) atoms. The number of carbonyl (C=O) groups is 1. The molecule has 0 aromatic heterocycles. The second kappa shape index (κ2) is 10.1. The first-order valence-corrected chi connectivity index (χ1v) is 9.62. The van der Waals surface area contributed by atoms with Gasteiger partial charge in [-0.1, -0.05) is 12.1 Å². The summed E-state index contributed by atoms with van der Waals surface area (Å²) in [5, 5.41) is 2.66. The van der Waals surface area contributed by atoms with Crippen molar-refractivity contribution in [2.45, 2.75) is 0 Å². The topological polar surface area (TPSA) is 56.4 Å². The summed E-state index contributed by atoms with van der Waals surface area (Å²) in [4.78, 5) is 14.9. The number of amides is 1. The SMILES string of the molecule is COc1ccc(OCC[NH+]2CC[NH+](CC(=O)Nc3ccccc3F)CC2)cc1. The van der Waals surface area contributed by atoms with Gasteiger partial charge in [0.1, 0.15) is 56.6 Å². The van der Waals surface area contributed by atoms with E-state index in [1.165, 1.54) is 15.9 Å². The van der Waals surface area contributed by atoms with Crippen LogP contribution < -0.4 is 24.6 Å². The van der Waals surface area contributed by atoms with E-state index in [0.717, 1.165) is 44.2 Å². The number of halogens is 1. The number of hydrogen-bond donors (Lipinski definition) is 3. The highest BCUT2D eigenvalue weighted by molar-refractivity contribution is 5.91. The fraction of sp³-hybridized carbons (Fsp3) is 0.381. The van der Waals surface area contributed by atoms with Gasteiger partial charge in [0.05, 0.1) is 12.8 Å². The van der Waals surface area contributed by atoms with Crippen LogP contribution in [0.25, 0.3) is 0 Å². The molecular formula is C21H28FN3O3+2. The van der Waals surface area contributed by atoms with E-state index in [9.17, 15) is 9.18 Å². The van der Waals surface area contributed by atoms with Gasteiger partial charge in [0.25, 0.3) is 5.91 Å². The Kier molecular flexibility index (Phi) is 7.22. The van der Waals surface area contributed by atoms with E-state index < -0.39 is 5.82 Å². The number of nitrogens with one attached hydrogen (secondary N) is 3. The molecule has 1 aliphatic heterocycles. The minimum absolute atomic E-state index is 0.147. The molecular weight excluding hydrogens is 361 g/mol. The number of ether oxygens (including phenoxy) is 2. The summed E-state index contributed by atoms with van der Waals surface area (Å²) in [7, 11) is 1.64. The summed E-state index contributed by atoms with van der Waals surface area (Å²) in [5.41, 5.74) is 0.242. The number of methoxy groups -OCH3 is 1. The van der Waals surface area contributed by atoms with Crippen LogP contribution in [0.5, 0.6) is 11.5 Å². The first-order chi connectivity index (χ1) is 13.6. The van der Waals surface area contributed by atoms with E-state index in [2.05, 4.69) is 5.32 Å². The molecule has 1 aliphatic rings. The third-order valence-corrected chi connectivity index (χ3v) is 5.01. The lowest BCUT2D eigenvalue weighted by atomic mass is 10.3. The fourth-order valence-electron chi connectivity index (χ4n) is 3.35. The Hall–Kier alpha value is -2.64. The highest BCUT2D eigenvalue weighted by Gasteiger charge is 2.24. The lowest BCUT2D eigenvalue weighted by Crippen LogP contribution is -3.28. The molecule has 1 fully saturated rings. The Bertz CT molecular complexity index is 762. The fourth-order valence-corrected chi connectivity index (χ4v) is 3.35. The first-order valence-electron chi connectivity index (χ1n) is 9.62. The molecule has 150 valence electrons. The van der Waals surface area contributed by atoms with Crippen LogP contribution in [0.4, 0.5) is 10.1 Å². The van der Waals surface area contributed by atoms with Gasteiger partial charge in [-0.05, 0) is 36.4 Å². The van der Waals surface area contributed by atoms with Crippen molar-refractivity contribution in [1.29, 1.82) is 0 Å². The van der Waals surface area contributed by atoms with Gasteiger partial charge in [-0.15, -0.1) is 0 Å². The minimum atomic E-state index is -0.406. The van der Waals surface area contributed by atoms with E-state index in [1.54, 1.807) is 25.3 Å². The largest absolute Gasteiger partial charge is 0.497 e. The van der Waals surface area contributed by atoms with Gasteiger partial charge < -0.3 is 24.6 Å². The van der Waals surface area contributed by atoms with Crippen molar-refractivity contribution in [3.8, 4) is 11.5 Å². The maximum Gasteiger partial charge on any atom is 0.279 e. The number of piperazine rings is 1. The summed E-state index contributed by atoms with van der Waals surface area (Å²) in [5.74, 6) is 1.11. The van der Waals surface area contributed by atoms with Gasteiger partial charge in [-0.3, -0.25) is 4.79 Å².